The quantitative estimate of drug-likeness (QED) is 0.575. The SMILES string of the molecule is Nc1c2c(cc(=O)n1-c1c(Br)cccc1S(N)(=O)=O)C(=O)NC2=O. The lowest BCUT2D eigenvalue weighted by atomic mass is 10.1. The number of aromatic nitrogens is 1. The molecule has 0 aliphatic carbocycles. The number of anilines is 1. The summed E-state index contributed by atoms with van der Waals surface area (Å²) in [6, 6.07) is 5.00. The van der Waals surface area contributed by atoms with Crippen LogP contribution in [0.2, 0.25) is 0 Å². The molecular formula is C13H9BrN4O5S. The average molecular weight is 413 g/mol. The standard InChI is InChI=1S/C13H9BrN4O5S/c14-6-2-1-3-7(24(16,22)23)10(6)18-8(19)4-5-9(11(18)15)13(21)17-12(5)20/h1-4H,15H2,(H2,16,22,23)(H,17,20,21). The summed E-state index contributed by atoms with van der Waals surface area (Å²) >= 11 is 3.15. The zero-order chi connectivity index (χ0) is 17.8. The second-order valence-corrected chi connectivity index (χ2v) is 7.29. The number of hydrogen-bond acceptors (Lipinski definition) is 6. The largest absolute Gasteiger partial charge is 0.384 e. The molecule has 2 heterocycles. The number of halogens is 1. The van der Waals surface area contributed by atoms with Gasteiger partial charge in [0, 0.05) is 10.5 Å². The van der Waals surface area contributed by atoms with Crippen molar-refractivity contribution >= 4 is 43.6 Å². The fourth-order valence-electron chi connectivity index (χ4n) is 2.45. The van der Waals surface area contributed by atoms with Gasteiger partial charge in [0.25, 0.3) is 17.4 Å². The number of benzene rings is 1. The van der Waals surface area contributed by atoms with Crippen molar-refractivity contribution in [1.82, 2.24) is 9.88 Å². The van der Waals surface area contributed by atoms with E-state index in [0.717, 1.165) is 10.6 Å². The Bertz CT molecular complexity index is 1090. The molecule has 1 aromatic carbocycles. The molecule has 1 aromatic heterocycles. The highest BCUT2D eigenvalue weighted by Crippen LogP contribution is 2.30. The van der Waals surface area contributed by atoms with E-state index >= 15 is 0 Å². The van der Waals surface area contributed by atoms with E-state index in [1.165, 1.54) is 18.2 Å². The molecule has 1 aliphatic heterocycles. The molecule has 0 bridgehead atoms. The van der Waals surface area contributed by atoms with Gasteiger partial charge < -0.3 is 5.73 Å². The maximum atomic E-state index is 12.4. The van der Waals surface area contributed by atoms with Gasteiger partial charge in [-0.25, -0.2) is 13.6 Å². The van der Waals surface area contributed by atoms with E-state index in [4.69, 9.17) is 10.9 Å². The molecule has 2 aromatic rings. The van der Waals surface area contributed by atoms with E-state index < -0.39 is 27.4 Å². The number of fused-ring (bicyclic) bond motifs is 1. The zero-order valence-corrected chi connectivity index (χ0v) is 14.1. The van der Waals surface area contributed by atoms with Gasteiger partial charge in [-0.3, -0.25) is 24.3 Å². The molecule has 0 saturated heterocycles. The Morgan fingerprint density at radius 1 is 1.12 bits per heavy atom. The number of rotatable bonds is 2. The summed E-state index contributed by atoms with van der Waals surface area (Å²) < 4.78 is 24.7. The Labute approximate surface area is 143 Å². The summed E-state index contributed by atoms with van der Waals surface area (Å²) in [5.41, 5.74) is 4.61. The monoisotopic (exact) mass is 412 g/mol. The molecule has 0 fully saturated rings. The van der Waals surface area contributed by atoms with Crippen LogP contribution in [-0.2, 0) is 10.0 Å². The van der Waals surface area contributed by atoms with Gasteiger partial charge in [0.15, 0.2) is 0 Å². The number of hydrogen-bond donors (Lipinski definition) is 3. The number of sulfonamides is 1. The third kappa shape index (κ3) is 2.33. The van der Waals surface area contributed by atoms with Crippen molar-refractivity contribution in [2.45, 2.75) is 4.90 Å². The molecule has 0 atom stereocenters. The number of nitrogens with one attached hydrogen (secondary N) is 1. The second kappa shape index (κ2) is 5.26. The molecule has 0 spiro atoms. The summed E-state index contributed by atoms with van der Waals surface area (Å²) in [7, 11) is -4.19. The van der Waals surface area contributed by atoms with E-state index in [9.17, 15) is 22.8 Å². The molecule has 3 rings (SSSR count). The highest BCUT2D eigenvalue weighted by Gasteiger charge is 2.33. The lowest BCUT2D eigenvalue weighted by Gasteiger charge is -2.16. The fraction of sp³-hybridized carbons (Fsp3) is 0. The normalized spacial score (nSPS) is 13.8. The summed E-state index contributed by atoms with van der Waals surface area (Å²) in [5.74, 6) is -1.88. The van der Waals surface area contributed by atoms with Crippen LogP contribution in [-0.4, -0.2) is 24.8 Å². The Morgan fingerprint density at radius 3 is 2.42 bits per heavy atom. The Hall–Kier alpha value is -2.50. The van der Waals surface area contributed by atoms with Crippen molar-refractivity contribution in [3.05, 3.63) is 50.2 Å². The highest BCUT2D eigenvalue weighted by atomic mass is 79.9. The third-order valence-electron chi connectivity index (χ3n) is 3.43. The number of nitrogen functional groups attached to an aromatic ring is 1. The first-order valence-electron chi connectivity index (χ1n) is 6.36. The Kier molecular flexibility index (Phi) is 3.59. The lowest BCUT2D eigenvalue weighted by Crippen LogP contribution is -2.27. The van der Waals surface area contributed by atoms with Gasteiger partial charge in [0.1, 0.15) is 10.7 Å². The minimum atomic E-state index is -4.19. The Morgan fingerprint density at radius 2 is 1.79 bits per heavy atom. The highest BCUT2D eigenvalue weighted by molar-refractivity contribution is 9.10. The van der Waals surface area contributed by atoms with Crippen LogP contribution < -0.4 is 21.7 Å². The van der Waals surface area contributed by atoms with Crippen molar-refractivity contribution in [3.63, 3.8) is 0 Å². The van der Waals surface area contributed by atoms with Crippen molar-refractivity contribution < 1.29 is 18.0 Å². The maximum absolute atomic E-state index is 12.4. The summed E-state index contributed by atoms with van der Waals surface area (Å²) in [6.07, 6.45) is 0. The van der Waals surface area contributed by atoms with Crippen molar-refractivity contribution in [1.29, 1.82) is 0 Å². The van der Waals surface area contributed by atoms with Crippen LogP contribution >= 0.6 is 15.9 Å². The van der Waals surface area contributed by atoms with E-state index in [0.29, 0.717) is 0 Å². The van der Waals surface area contributed by atoms with E-state index in [1.54, 1.807) is 0 Å². The van der Waals surface area contributed by atoms with Gasteiger partial charge >= 0.3 is 0 Å². The molecule has 5 N–H and O–H groups in total. The van der Waals surface area contributed by atoms with Crippen LogP contribution in [0.15, 0.2) is 38.4 Å². The van der Waals surface area contributed by atoms with E-state index in [2.05, 4.69) is 15.9 Å². The number of para-hydroxylation sites is 1. The van der Waals surface area contributed by atoms with Gasteiger partial charge in [0.2, 0.25) is 10.0 Å². The van der Waals surface area contributed by atoms with Crippen LogP contribution in [0.25, 0.3) is 5.69 Å². The summed E-state index contributed by atoms with van der Waals surface area (Å²) in [6.45, 7) is 0. The van der Waals surface area contributed by atoms with Crippen LogP contribution in [0.1, 0.15) is 20.7 Å². The fourth-order valence-corrected chi connectivity index (χ4v) is 3.87. The lowest BCUT2D eigenvalue weighted by molar-refractivity contribution is 0.0880. The summed E-state index contributed by atoms with van der Waals surface area (Å²) in [4.78, 5) is 35.6. The molecule has 11 heteroatoms. The van der Waals surface area contributed by atoms with Crippen molar-refractivity contribution in [2.75, 3.05) is 5.73 Å². The van der Waals surface area contributed by atoms with Crippen LogP contribution in [0.3, 0.4) is 0 Å². The number of nitrogens with zero attached hydrogens (tertiary/aromatic N) is 1. The molecule has 24 heavy (non-hydrogen) atoms. The van der Waals surface area contributed by atoms with Gasteiger partial charge in [-0.1, -0.05) is 6.07 Å². The predicted molar refractivity (Wildman–Crippen MR) is 87.3 cm³/mol. The molecule has 1 aliphatic rings. The first-order chi connectivity index (χ1) is 11.1. The predicted octanol–water partition coefficient (Wildman–Crippen LogP) is -0.287. The summed E-state index contributed by atoms with van der Waals surface area (Å²) in [5, 5.41) is 7.21. The number of nitrogens with two attached hydrogens (primary N) is 2. The van der Waals surface area contributed by atoms with Crippen molar-refractivity contribution in [3.8, 4) is 5.69 Å². The minimum Gasteiger partial charge on any atom is -0.384 e. The molecule has 124 valence electrons. The molecular weight excluding hydrogens is 404 g/mol. The number of pyridine rings is 1. The molecule has 9 nitrogen and oxygen atoms in total. The van der Waals surface area contributed by atoms with Gasteiger partial charge in [-0.05, 0) is 28.1 Å². The van der Waals surface area contributed by atoms with Crippen LogP contribution in [0.5, 0.6) is 0 Å². The first kappa shape index (κ1) is 16.4. The number of imide groups is 1. The van der Waals surface area contributed by atoms with E-state index in [-0.39, 0.29) is 32.0 Å². The number of amides is 2. The molecule has 0 saturated carbocycles. The third-order valence-corrected chi connectivity index (χ3v) is 5.02. The van der Waals surface area contributed by atoms with Crippen LogP contribution in [0.4, 0.5) is 5.82 Å². The number of carbonyl (C=O) groups excluding carboxylic acids is 2. The minimum absolute atomic E-state index is 0.141. The van der Waals surface area contributed by atoms with Gasteiger partial charge in [-0.15, -0.1) is 0 Å². The van der Waals surface area contributed by atoms with E-state index in [1.807, 2.05) is 5.32 Å². The van der Waals surface area contributed by atoms with Gasteiger partial charge in [0.05, 0.1) is 16.8 Å². The second-order valence-electron chi connectivity index (χ2n) is 4.91. The van der Waals surface area contributed by atoms with Crippen molar-refractivity contribution in [2.24, 2.45) is 5.14 Å². The van der Waals surface area contributed by atoms with Gasteiger partial charge in [-0.2, -0.15) is 0 Å². The first-order valence-corrected chi connectivity index (χ1v) is 8.69. The number of carbonyl (C=O) groups is 2. The smallest absolute Gasteiger partial charge is 0.262 e. The molecule has 2 amide bonds. The molecule has 0 radical (unpaired) electrons. The topological polar surface area (TPSA) is 154 Å². The number of primary sulfonamides is 1. The Balaban J connectivity index is 2.48. The average Bonchev–Trinajstić information content (AvgIpc) is 2.74. The van der Waals surface area contributed by atoms with Crippen LogP contribution in [0, 0.1) is 0 Å². The zero-order valence-electron chi connectivity index (χ0n) is 11.7. The molecule has 0 unspecified atom stereocenters. The maximum Gasteiger partial charge on any atom is 0.262 e.